The summed E-state index contributed by atoms with van der Waals surface area (Å²) in [6.45, 7) is 12.0. The minimum Gasteiger partial charge on any atom is -0.488 e. The average Bonchev–Trinajstić information content (AvgIpc) is 2.34. The number of hydrogen-bond acceptors (Lipinski definition) is 3. The second-order valence-corrected chi connectivity index (χ2v) is 7.45. The Balaban J connectivity index is 2.55. The maximum absolute atomic E-state index is 11.2. The van der Waals surface area contributed by atoms with Gasteiger partial charge in [0.2, 0.25) is 0 Å². The molecular formula is C19H24O3. The number of benzene rings is 2. The monoisotopic (exact) mass is 300 g/mol. The van der Waals surface area contributed by atoms with Gasteiger partial charge in [-0.1, -0.05) is 0 Å². The predicted octanol–water partition coefficient (Wildman–Crippen LogP) is 5.01. The van der Waals surface area contributed by atoms with Gasteiger partial charge in [0.25, 0.3) is 0 Å². The molecule has 0 heterocycles. The molecular weight excluding hydrogens is 276 g/mol. The molecule has 0 saturated carbocycles. The Morgan fingerprint density at radius 2 is 1.50 bits per heavy atom. The molecule has 0 bridgehead atoms. The normalized spacial score (nSPS) is 12.3. The molecule has 0 aliphatic carbocycles. The van der Waals surface area contributed by atoms with Gasteiger partial charge in [-0.05, 0) is 77.3 Å². The molecule has 0 saturated heterocycles. The first-order chi connectivity index (χ1) is 10.1. The Kier molecular flexibility index (Phi) is 4.19. The zero-order valence-corrected chi connectivity index (χ0v) is 14.2. The Morgan fingerprint density at radius 1 is 0.864 bits per heavy atom. The summed E-state index contributed by atoms with van der Waals surface area (Å²) in [5.41, 5.74) is 0.00931. The summed E-state index contributed by atoms with van der Waals surface area (Å²) in [6.07, 6.45) is 0.840. The van der Waals surface area contributed by atoms with Crippen LogP contribution < -0.4 is 9.47 Å². The van der Waals surface area contributed by atoms with Crippen molar-refractivity contribution in [3.05, 3.63) is 35.9 Å². The van der Waals surface area contributed by atoms with Crippen molar-refractivity contribution in [3.63, 3.8) is 0 Å². The Morgan fingerprint density at radius 3 is 2.05 bits per heavy atom. The Labute approximate surface area is 132 Å². The molecule has 0 unspecified atom stereocenters. The van der Waals surface area contributed by atoms with Crippen molar-refractivity contribution in [2.45, 2.75) is 52.7 Å². The number of rotatable bonds is 3. The molecule has 0 aromatic heterocycles. The van der Waals surface area contributed by atoms with Crippen molar-refractivity contribution >= 4 is 17.1 Å². The zero-order valence-electron chi connectivity index (χ0n) is 14.2. The van der Waals surface area contributed by atoms with Crippen LogP contribution in [-0.2, 0) is 0 Å². The lowest BCUT2D eigenvalue weighted by atomic mass is 10.0. The van der Waals surface area contributed by atoms with E-state index in [-0.39, 0.29) is 11.2 Å². The summed E-state index contributed by atoms with van der Waals surface area (Å²) < 4.78 is 11.9. The van der Waals surface area contributed by atoms with Crippen LogP contribution in [0.15, 0.2) is 30.3 Å². The lowest BCUT2D eigenvalue weighted by molar-refractivity contribution is 0.111. The highest BCUT2D eigenvalue weighted by molar-refractivity contribution is 5.94. The molecule has 0 amide bonds. The molecule has 22 heavy (non-hydrogen) atoms. The second-order valence-electron chi connectivity index (χ2n) is 7.45. The van der Waals surface area contributed by atoms with Crippen molar-refractivity contribution in [2.24, 2.45) is 0 Å². The Bertz CT molecular complexity index is 688. The lowest BCUT2D eigenvalue weighted by Crippen LogP contribution is -2.23. The third-order valence-electron chi connectivity index (χ3n) is 2.88. The summed E-state index contributed by atoms with van der Waals surface area (Å²) in [7, 11) is 0. The molecule has 2 aromatic carbocycles. The SMILES string of the molecule is CC(C)(C)Oc1ccc2c(OC(C)(C)C)cc(C=O)cc2c1. The molecule has 0 fully saturated rings. The van der Waals surface area contributed by atoms with E-state index in [0.717, 1.165) is 28.6 Å². The summed E-state index contributed by atoms with van der Waals surface area (Å²) >= 11 is 0. The van der Waals surface area contributed by atoms with E-state index in [9.17, 15) is 4.79 Å². The summed E-state index contributed by atoms with van der Waals surface area (Å²) in [5.74, 6) is 1.50. The number of carbonyl (C=O) groups is 1. The number of fused-ring (bicyclic) bond motifs is 1. The van der Waals surface area contributed by atoms with Crippen LogP contribution in [-0.4, -0.2) is 17.5 Å². The van der Waals surface area contributed by atoms with Gasteiger partial charge in [-0.15, -0.1) is 0 Å². The van der Waals surface area contributed by atoms with Crippen molar-refractivity contribution in [2.75, 3.05) is 0 Å². The van der Waals surface area contributed by atoms with Crippen molar-refractivity contribution < 1.29 is 14.3 Å². The highest BCUT2D eigenvalue weighted by Gasteiger charge is 2.16. The van der Waals surface area contributed by atoms with Crippen LogP contribution in [0.1, 0.15) is 51.9 Å². The van der Waals surface area contributed by atoms with Gasteiger partial charge in [0, 0.05) is 10.9 Å². The van der Waals surface area contributed by atoms with Crippen molar-refractivity contribution in [1.29, 1.82) is 0 Å². The molecule has 118 valence electrons. The highest BCUT2D eigenvalue weighted by atomic mass is 16.5. The standard InChI is InChI=1S/C19H24O3/c1-18(2,3)21-15-7-8-16-14(11-15)9-13(12-20)10-17(16)22-19(4,5)6/h7-12H,1-6H3. The zero-order chi connectivity index (χ0) is 16.5. The smallest absolute Gasteiger partial charge is 0.150 e. The third kappa shape index (κ3) is 4.23. The quantitative estimate of drug-likeness (QED) is 0.748. The van der Waals surface area contributed by atoms with E-state index in [1.54, 1.807) is 6.07 Å². The molecule has 0 aliphatic rings. The minimum absolute atomic E-state index is 0.263. The summed E-state index contributed by atoms with van der Waals surface area (Å²) in [6, 6.07) is 9.50. The van der Waals surface area contributed by atoms with Crippen LogP contribution in [0.4, 0.5) is 0 Å². The Hall–Kier alpha value is -2.03. The molecule has 0 atom stereocenters. The second kappa shape index (κ2) is 5.64. The van der Waals surface area contributed by atoms with Crippen LogP contribution in [0, 0.1) is 0 Å². The molecule has 3 nitrogen and oxygen atoms in total. The molecule has 0 aliphatic heterocycles. The van der Waals surface area contributed by atoms with Gasteiger partial charge < -0.3 is 9.47 Å². The number of carbonyl (C=O) groups excluding carboxylic acids is 1. The molecule has 3 heteroatoms. The third-order valence-corrected chi connectivity index (χ3v) is 2.88. The first-order valence-corrected chi connectivity index (χ1v) is 7.48. The summed E-state index contributed by atoms with van der Waals surface area (Å²) in [4.78, 5) is 11.2. The van der Waals surface area contributed by atoms with E-state index in [1.807, 2.05) is 65.8 Å². The first kappa shape index (κ1) is 16.3. The van der Waals surface area contributed by atoms with Gasteiger partial charge in [0.05, 0.1) is 0 Å². The van der Waals surface area contributed by atoms with E-state index < -0.39 is 0 Å². The topological polar surface area (TPSA) is 35.5 Å². The van der Waals surface area contributed by atoms with Gasteiger partial charge in [-0.3, -0.25) is 4.79 Å². The van der Waals surface area contributed by atoms with Crippen molar-refractivity contribution in [3.8, 4) is 11.5 Å². The highest BCUT2D eigenvalue weighted by Crippen LogP contribution is 2.33. The molecule has 2 rings (SSSR count). The van der Waals surface area contributed by atoms with Crippen LogP contribution in [0.25, 0.3) is 10.8 Å². The number of ether oxygens (including phenoxy) is 2. The molecule has 0 N–H and O–H groups in total. The fraction of sp³-hybridized carbons (Fsp3) is 0.421. The predicted molar refractivity (Wildman–Crippen MR) is 90.1 cm³/mol. The maximum atomic E-state index is 11.2. The fourth-order valence-corrected chi connectivity index (χ4v) is 2.23. The van der Waals surface area contributed by atoms with E-state index >= 15 is 0 Å². The lowest BCUT2D eigenvalue weighted by Gasteiger charge is -2.24. The van der Waals surface area contributed by atoms with Crippen molar-refractivity contribution in [1.82, 2.24) is 0 Å². The molecule has 2 aromatic rings. The van der Waals surface area contributed by atoms with Crippen LogP contribution >= 0.6 is 0 Å². The van der Waals surface area contributed by atoms with Gasteiger partial charge >= 0.3 is 0 Å². The first-order valence-electron chi connectivity index (χ1n) is 7.48. The molecule has 0 radical (unpaired) electrons. The maximum Gasteiger partial charge on any atom is 0.150 e. The minimum atomic E-state index is -0.324. The van der Waals surface area contributed by atoms with E-state index in [0.29, 0.717) is 5.56 Å². The molecule has 0 spiro atoms. The number of hydrogen-bond donors (Lipinski definition) is 0. The van der Waals surface area contributed by atoms with Crippen LogP contribution in [0.2, 0.25) is 0 Å². The van der Waals surface area contributed by atoms with Gasteiger partial charge in [0.1, 0.15) is 29.0 Å². The summed E-state index contributed by atoms with van der Waals surface area (Å²) in [5, 5.41) is 1.91. The fourth-order valence-electron chi connectivity index (χ4n) is 2.23. The van der Waals surface area contributed by atoms with E-state index in [4.69, 9.17) is 9.47 Å². The number of aldehydes is 1. The average molecular weight is 300 g/mol. The van der Waals surface area contributed by atoms with E-state index in [1.165, 1.54) is 0 Å². The van der Waals surface area contributed by atoms with Crippen LogP contribution in [0.5, 0.6) is 11.5 Å². The largest absolute Gasteiger partial charge is 0.488 e. The van der Waals surface area contributed by atoms with E-state index in [2.05, 4.69) is 0 Å². The van der Waals surface area contributed by atoms with Gasteiger partial charge in [-0.25, -0.2) is 0 Å². The van der Waals surface area contributed by atoms with Gasteiger partial charge in [0.15, 0.2) is 0 Å². The van der Waals surface area contributed by atoms with Crippen LogP contribution in [0.3, 0.4) is 0 Å². The van der Waals surface area contributed by atoms with Gasteiger partial charge in [-0.2, -0.15) is 0 Å².